The van der Waals surface area contributed by atoms with Gasteiger partial charge < -0.3 is 22.0 Å². The van der Waals surface area contributed by atoms with E-state index in [4.69, 9.17) is 12.8 Å². The molecule has 0 saturated carbocycles. The molecule has 2 heterocycles. The van der Waals surface area contributed by atoms with Crippen LogP contribution in [-0.4, -0.2) is 21.5 Å². The van der Waals surface area contributed by atoms with Crippen molar-refractivity contribution >= 4 is 80.7 Å². The van der Waals surface area contributed by atoms with Gasteiger partial charge in [-0.05, 0) is 66.0 Å². The predicted octanol–water partition coefficient (Wildman–Crippen LogP) is 11.3. The summed E-state index contributed by atoms with van der Waals surface area (Å²) in [7, 11) is 2.56. The second kappa shape index (κ2) is 22.3. The molecule has 2 nitrogen and oxygen atoms in total. The van der Waals surface area contributed by atoms with E-state index in [-0.39, 0.29) is 44.8 Å². The van der Waals surface area contributed by atoms with Gasteiger partial charge in [0.2, 0.25) is 0 Å². The van der Waals surface area contributed by atoms with Crippen LogP contribution in [0.25, 0.3) is 43.6 Å². The van der Waals surface area contributed by atoms with Crippen molar-refractivity contribution in [2.45, 2.75) is 0 Å². The molecule has 10 aromatic rings. The molecule has 0 atom stereocenters. The molecule has 310 valence electrons. The molecule has 8 aromatic carbocycles. The van der Waals surface area contributed by atoms with Gasteiger partial charge >= 0.3 is 44.8 Å². The summed E-state index contributed by atoms with van der Waals surface area (Å²) in [5.41, 5.74) is 6.43. The number of para-hydroxylation sites is 2. The fourth-order valence-electron chi connectivity index (χ4n) is 8.20. The number of aryl methyl sites for hydroxylation is 2. The van der Waals surface area contributed by atoms with Gasteiger partial charge in [0.05, 0.1) is 37.1 Å². The zero-order chi connectivity index (χ0) is 41.3. The molecule has 0 bridgehead atoms. The first-order chi connectivity index (χ1) is 29.5. The first kappa shape index (κ1) is 46.3. The van der Waals surface area contributed by atoms with Crippen LogP contribution in [0.3, 0.4) is 0 Å². The van der Waals surface area contributed by atoms with Crippen molar-refractivity contribution in [3.05, 3.63) is 230 Å². The van der Waals surface area contributed by atoms with Gasteiger partial charge in [0, 0.05) is 52.3 Å². The van der Waals surface area contributed by atoms with Crippen molar-refractivity contribution in [3.8, 4) is 11.8 Å². The molecule has 0 N–H and O–H groups in total. The molecule has 0 aliphatic carbocycles. The SMILES string of the molecule is [Au+].[Au+].[C-]#Cc1ccc2c(c1)c1ccccc1n2C.[C-]#Cc1ccc2c3ccccc3n(C)c2c1.c1ccc([PH+](CC[PH+](c2ccccc2)c2ccccc2)c2ccccc2)cc1. The van der Waals surface area contributed by atoms with Gasteiger partial charge in [-0.15, -0.1) is 35.4 Å². The Morgan fingerprint density at radius 2 is 0.677 bits per heavy atom. The van der Waals surface area contributed by atoms with Crippen molar-refractivity contribution in [1.82, 2.24) is 9.13 Å². The summed E-state index contributed by atoms with van der Waals surface area (Å²) >= 11 is 0. The summed E-state index contributed by atoms with van der Waals surface area (Å²) in [4.78, 5) is 0. The van der Waals surface area contributed by atoms with Crippen LogP contribution in [0.5, 0.6) is 0 Å². The quantitative estimate of drug-likeness (QED) is 0.0651. The molecule has 2 aromatic heterocycles. The van der Waals surface area contributed by atoms with Crippen molar-refractivity contribution < 1.29 is 44.8 Å². The molecule has 0 spiro atoms. The Balaban J connectivity index is 0.000000162. The average molecular weight is 1200 g/mol. The zero-order valence-corrected chi connectivity index (χ0v) is 40.9. The summed E-state index contributed by atoms with van der Waals surface area (Å²) in [6.45, 7) is 0. The van der Waals surface area contributed by atoms with Gasteiger partial charge in [0.15, 0.2) is 0 Å². The maximum Gasteiger partial charge on any atom is 1.00 e. The third kappa shape index (κ3) is 10.4. The van der Waals surface area contributed by atoms with E-state index >= 15 is 0 Å². The van der Waals surface area contributed by atoms with Crippen molar-refractivity contribution in [3.63, 3.8) is 0 Å². The van der Waals surface area contributed by atoms with Crippen molar-refractivity contribution in [1.29, 1.82) is 0 Å². The number of rotatable bonds is 7. The monoisotopic (exact) mass is 1200 g/mol. The molecule has 0 fully saturated rings. The van der Waals surface area contributed by atoms with Gasteiger partial charge in [-0.1, -0.05) is 121 Å². The van der Waals surface area contributed by atoms with Crippen LogP contribution < -0.4 is 21.2 Å². The Hall–Kier alpha value is -5.18. The van der Waals surface area contributed by atoms with Gasteiger partial charge in [0.1, 0.15) is 12.3 Å². The van der Waals surface area contributed by atoms with Gasteiger partial charge in [0.25, 0.3) is 0 Å². The van der Waals surface area contributed by atoms with Crippen molar-refractivity contribution in [2.75, 3.05) is 12.3 Å². The molecule has 0 saturated heterocycles. The second-order valence-electron chi connectivity index (χ2n) is 14.8. The average Bonchev–Trinajstić information content (AvgIpc) is 3.78. The van der Waals surface area contributed by atoms with E-state index in [1.165, 1.54) is 71.6 Å². The van der Waals surface area contributed by atoms with Crippen LogP contribution in [-0.2, 0) is 58.9 Å². The van der Waals surface area contributed by atoms with Crippen LogP contribution in [0, 0.1) is 24.7 Å². The fraction of sp³-hybridized carbons (Fsp3) is 0.0714. The second-order valence-corrected chi connectivity index (χ2v) is 20.0. The Labute approximate surface area is 399 Å². The third-order valence-corrected chi connectivity index (χ3v) is 17.4. The summed E-state index contributed by atoms with van der Waals surface area (Å²) < 4.78 is 4.34. The summed E-state index contributed by atoms with van der Waals surface area (Å²) in [6, 6.07) is 73.2. The Morgan fingerprint density at radius 1 is 0.355 bits per heavy atom. The molecule has 10 rings (SSSR count). The predicted molar refractivity (Wildman–Crippen MR) is 264 cm³/mol. The molecule has 0 unspecified atom stereocenters. The van der Waals surface area contributed by atoms with Crippen LogP contribution in [0.4, 0.5) is 0 Å². The molecule has 0 aliphatic rings. The molecular formula is C56H46Au2N2P2+2. The Kier molecular flexibility index (Phi) is 16.6. The molecule has 0 radical (unpaired) electrons. The third-order valence-electron chi connectivity index (χ3n) is 11.2. The first-order valence-corrected chi connectivity index (χ1v) is 23.7. The van der Waals surface area contributed by atoms with Crippen molar-refractivity contribution in [2.24, 2.45) is 14.1 Å². The number of benzene rings is 8. The molecular weight excluding hydrogens is 1160 g/mol. The van der Waals surface area contributed by atoms with Gasteiger partial charge in [-0.3, -0.25) is 11.8 Å². The van der Waals surface area contributed by atoms with E-state index in [9.17, 15) is 0 Å². The normalized spacial score (nSPS) is 10.5. The molecule has 62 heavy (non-hydrogen) atoms. The first-order valence-electron chi connectivity index (χ1n) is 20.3. The van der Waals surface area contributed by atoms with Gasteiger partial charge in [-0.25, -0.2) is 0 Å². The van der Waals surface area contributed by atoms with E-state index in [1.54, 1.807) is 0 Å². The zero-order valence-electron chi connectivity index (χ0n) is 34.5. The Morgan fingerprint density at radius 3 is 1.11 bits per heavy atom. The number of nitrogens with zero attached hydrogens (tertiary/aromatic N) is 2. The number of aromatic nitrogens is 2. The van der Waals surface area contributed by atoms with Gasteiger partial charge in [-0.2, -0.15) is 0 Å². The summed E-state index contributed by atoms with van der Waals surface area (Å²) in [6.07, 6.45) is 16.9. The molecule has 0 aliphatic heterocycles. The topological polar surface area (TPSA) is 9.86 Å². The smallest absolute Gasteiger partial charge is 0.366 e. The van der Waals surface area contributed by atoms with E-state index in [0.29, 0.717) is 0 Å². The van der Waals surface area contributed by atoms with Crippen LogP contribution in [0.15, 0.2) is 206 Å². The van der Waals surface area contributed by atoms with E-state index in [2.05, 4.69) is 193 Å². The minimum atomic E-state index is -0.783. The molecule has 6 heteroatoms. The molecule has 0 amide bonds. The van der Waals surface area contributed by atoms with Crippen LogP contribution in [0.1, 0.15) is 11.1 Å². The Bertz CT molecular complexity index is 2930. The van der Waals surface area contributed by atoms with Crippen LogP contribution in [0.2, 0.25) is 0 Å². The van der Waals surface area contributed by atoms with E-state index in [0.717, 1.165) is 16.6 Å². The summed E-state index contributed by atoms with van der Waals surface area (Å²) in [5, 5.41) is 11.0. The minimum absolute atomic E-state index is 0. The largest absolute Gasteiger partial charge is 1.00 e. The number of fused-ring (bicyclic) bond motifs is 6. The fourth-order valence-corrected chi connectivity index (χ4v) is 14.4. The standard InChI is InChI=1S/C26H24P2.2C15H10N.2Au/c1-5-13-23(14-6-1)27(24-15-7-2-8-16-24)21-22-28(25-17-9-3-10-18-25)26-19-11-4-12-20-26;1-3-11-8-9-15-13(10-11)12-6-4-5-7-14(12)16(15)2;1-3-11-8-9-13-12-6-4-5-7-14(12)16(2)15(13)10-11;;/h1-20H,21-22H2;2*4-10H,2H3;;/q;2*-1;2*+1/p+2. The maximum atomic E-state index is 7.18. The number of hydrogen-bond acceptors (Lipinski definition) is 0. The number of hydrogen-bond donors (Lipinski definition) is 0. The van der Waals surface area contributed by atoms with E-state index < -0.39 is 15.8 Å². The van der Waals surface area contributed by atoms with Crippen LogP contribution >= 0.6 is 15.8 Å². The minimum Gasteiger partial charge on any atom is -0.366 e. The maximum absolute atomic E-state index is 7.18. The summed E-state index contributed by atoms with van der Waals surface area (Å²) in [5.74, 6) is 4.86. The van der Waals surface area contributed by atoms with E-state index in [1.807, 2.05) is 48.5 Å².